The quantitative estimate of drug-likeness (QED) is 0.307. The highest BCUT2D eigenvalue weighted by Gasteiger charge is 2.32. The zero-order valence-electron chi connectivity index (χ0n) is 16.9. The molecule has 1 aliphatic rings. The molecule has 0 aliphatic carbocycles. The number of amides is 1. The zero-order valence-corrected chi connectivity index (χ0v) is 19.4. The molecule has 1 aromatic carbocycles. The van der Waals surface area contributed by atoms with Crippen molar-refractivity contribution in [1.29, 1.82) is 0 Å². The monoisotopic (exact) mass is 469 g/mol. The molecule has 1 aliphatic heterocycles. The van der Waals surface area contributed by atoms with Crippen LogP contribution in [0.2, 0.25) is 0 Å². The minimum atomic E-state index is -0.228. The highest BCUT2D eigenvalue weighted by Crippen LogP contribution is 2.35. The summed E-state index contributed by atoms with van der Waals surface area (Å²) in [6.45, 7) is 2.67. The van der Waals surface area contributed by atoms with Crippen molar-refractivity contribution >= 4 is 57.7 Å². The first-order valence-corrected chi connectivity index (χ1v) is 11.5. The topological polar surface area (TPSA) is 63.9 Å². The third-order valence-corrected chi connectivity index (χ3v) is 7.07. The lowest BCUT2D eigenvalue weighted by Crippen LogP contribution is -2.31. The Hall–Kier alpha value is -2.46. The molecule has 0 N–H and O–H groups in total. The van der Waals surface area contributed by atoms with Crippen molar-refractivity contribution in [3.8, 4) is 0 Å². The van der Waals surface area contributed by atoms with Gasteiger partial charge in [0.2, 0.25) is 0 Å². The zero-order chi connectivity index (χ0) is 22.0. The van der Waals surface area contributed by atoms with Crippen molar-refractivity contribution in [2.75, 3.05) is 20.3 Å². The largest absolute Gasteiger partial charge is 0.383 e. The van der Waals surface area contributed by atoms with Crippen LogP contribution in [0.15, 0.2) is 68.3 Å². The fourth-order valence-electron chi connectivity index (χ4n) is 3.10. The number of rotatable bonds is 6. The molecule has 1 fully saturated rings. The van der Waals surface area contributed by atoms with E-state index in [0.29, 0.717) is 38.6 Å². The van der Waals surface area contributed by atoms with E-state index >= 15 is 0 Å². The first-order chi connectivity index (χ1) is 15.0. The van der Waals surface area contributed by atoms with Crippen molar-refractivity contribution in [1.82, 2.24) is 14.3 Å². The van der Waals surface area contributed by atoms with Crippen LogP contribution >= 0.6 is 35.7 Å². The number of hydrogen-bond acceptors (Lipinski definition) is 7. The number of aromatic nitrogens is 2. The smallest absolute Gasteiger partial charge is 0.266 e. The van der Waals surface area contributed by atoms with E-state index in [9.17, 15) is 9.59 Å². The molecule has 9 heteroatoms. The number of methoxy groups -OCH3 is 1. The van der Waals surface area contributed by atoms with E-state index in [0.717, 1.165) is 10.5 Å². The summed E-state index contributed by atoms with van der Waals surface area (Å²) in [5.41, 5.74) is 1.63. The molecule has 0 atom stereocenters. The lowest BCUT2D eigenvalue weighted by Gasteiger charge is -2.13. The number of carbonyl (C=O) groups excluding carboxylic acids is 1. The van der Waals surface area contributed by atoms with Gasteiger partial charge in [-0.2, -0.15) is 0 Å². The summed E-state index contributed by atoms with van der Waals surface area (Å²) in [6.07, 6.45) is 3.30. The summed E-state index contributed by atoms with van der Waals surface area (Å²) in [5, 5.41) is 0.549. The SMILES string of the molecule is COCCN1C(=O)C(=Cc2c(Sc3ccccc3)nc3c(C)cccn3c2=O)SC1=S. The molecule has 0 spiro atoms. The van der Waals surface area contributed by atoms with Crippen molar-refractivity contribution in [2.45, 2.75) is 16.8 Å². The predicted octanol–water partition coefficient (Wildman–Crippen LogP) is 4.00. The fourth-order valence-corrected chi connectivity index (χ4v) is 5.30. The summed E-state index contributed by atoms with van der Waals surface area (Å²) in [6, 6.07) is 13.4. The molecule has 3 aromatic rings. The Morgan fingerprint density at radius 3 is 2.71 bits per heavy atom. The van der Waals surface area contributed by atoms with Gasteiger partial charge in [-0.15, -0.1) is 0 Å². The van der Waals surface area contributed by atoms with Gasteiger partial charge in [0.1, 0.15) is 15.0 Å². The number of ether oxygens (including phenoxy) is 1. The molecule has 31 heavy (non-hydrogen) atoms. The Labute approximate surface area is 193 Å². The highest BCUT2D eigenvalue weighted by molar-refractivity contribution is 8.26. The molecule has 0 saturated carbocycles. The third-order valence-electron chi connectivity index (χ3n) is 4.68. The Morgan fingerprint density at radius 1 is 1.19 bits per heavy atom. The molecule has 6 nitrogen and oxygen atoms in total. The van der Waals surface area contributed by atoms with Crippen LogP contribution in [0.3, 0.4) is 0 Å². The van der Waals surface area contributed by atoms with Crippen molar-refractivity contribution in [2.24, 2.45) is 0 Å². The normalized spacial score (nSPS) is 15.4. The van der Waals surface area contributed by atoms with E-state index in [4.69, 9.17) is 21.9 Å². The van der Waals surface area contributed by atoms with Crippen LogP contribution in [0.5, 0.6) is 0 Å². The minimum absolute atomic E-state index is 0.226. The Balaban J connectivity index is 1.84. The Morgan fingerprint density at radius 2 is 1.97 bits per heavy atom. The molecule has 4 rings (SSSR count). The van der Waals surface area contributed by atoms with E-state index in [1.807, 2.05) is 49.4 Å². The second-order valence-corrected chi connectivity index (χ2v) is 9.50. The molecule has 2 aromatic heterocycles. The third kappa shape index (κ3) is 4.45. The summed E-state index contributed by atoms with van der Waals surface area (Å²) < 4.78 is 7.04. The molecular weight excluding hydrogens is 450 g/mol. The van der Waals surface area contributed by atoms with Crippen LogP contribution in [0, 0.1) is 6.92 Å². The molecule has 0 radical (unpaired) electrons. The fraction of sp³-hybridized carbons (Fsp3) is 0.182. The first-order valence-electron chi connectivity index (χ1n) is 9.49. The molecular formula is C22H19N3O3S3. The molecule has 0 bridgehead atoms. The van der Waals surface area contributed by atoms with Gasteiger partial charge in [0.05, 0.1) is 23.6 Å². The van der Waals surface area contributed by atoms with Crippen LogP contribution in [0.25, 0.3) is 11.7 Å². The van der Waals surface area contributed by atoms with Crippen molar-refractivity contribution in [3.63, 3.8) is 0 Å². The number of fused-ring (bicyclic) bond motifs is 1. The van der Waals surface area contributed by atoms with E-state index in [1.165, 1.54) is 32.8 Å². The number of carbonyl (C=O) groups is 1. The predicted molar refractivity (Wildman–Crippen MR) is 129 cm³/mol. The van der Waals surface area contributed by atoms with E-state index < -0.39 is 0 Å². The average Bonchev–Trinajstić information content (AvgIpc) is 3.03. The number of thiocarbonyl (C=S) groups is 1. The minimum Gasteiger partial charge on any atom is -0.383 e. The van der Waals surface area contributed by atoms with Gasteiger partial charge in [0.25, 0.3) is 11.5 Å². The van der Waals surface area contributed by atoms with E-state index in [2.05, 4.69) is 0 Å². The second-order valence-electron chi connectivity index (χ2n) is 6.76. The maximum absolute atomic E-state index is 13.4. The molecule has 3 heterocycles. The van der Waals surface area contributed by atoms with Crippen LogP contribution in [-0.2, 0) is 9.53 Å². The van der Waals surface area contributed by atoms with E-state index in [1.54, 1.807) is 19.4 Å². The number of thioether (sulfide) groups is 1. The van der Waals surface area contributed by atoms with Gasteiger partial charge in [-0.3, -0.25) is 18.9 Å². The number of aryl methyl sites for hydroxylation is 1. The molecule has 1 saturated heterocycles. The lowest BCUT2D eigenvalue weighted by atomic mass is 10.2. The van der Waals surface area contributed by atoms with E-state index in [-0.39, 0.29) is 11.5 Å². The maximum atomic E-state index is 13.4. The van der Waals surface area contributed by atoms with Gasteiger partial charge < -0.3 is 4.74 Å². The summed E-state index contributed by atoms with van der Waals surface area (Å²) in [4.78, 5) is 33.9. The van der Waals surface area contributed by atoms with Crippen LogP contribution in [0.1, 0.15) is 11.1 Å². The van der Waals surface area contributed by atoms with Gasteiger partial charge >= 0.3 is 0 Å². The Bertz CT molecular complexity index is 1260. The van der Waals surface area contributed by atoms with Gasteiger partial charge in [0.15, 0.2) is 0 Å². The molecule has 158 valence electrons. The number of pyridine rings is 1. The summed E-state index contributed by atoms with van der Waals surface area (Å²) >= 11 is 7.94. The number of nitrogens with zero attached hydrogens (tertiary/aromatic N) is 3. The van der Waals surface area contributed by atoms with Gasteiger partial charge in [-0.1, -0.05) is 60.0 Å². The van der Waals surface area contributed by atoms with Gasteiger partial charge in [-0.05, 0) is 36.8 Å². The second kappa shape index (κ2) is 9.35. The Kier molecular flexibility index (Phi) is 6.57. The summed E-state index contributed by atoms with van der Waals surface area (Å²) in [5.74, 6) is -0.226. The number of benzene rings is 1. The molecule has 0 unspecified atom stereocenters. The lowest BCUT2D eigenvalue weighted by molar-refractivity contribution is -0.122. The average molecular weight is 470 g/mol. The maximum Gasteiger partial charge on any atom is 0.266 e. The first kappa shape index (κ1) is 21.8. The highest BCUT2D eigenvalue weighted by atomic mass is 32.2. The van der Waals surface area contributed by atoms with Crippen LogP contribution in [-0.4, -0.2) is 44.8 Å². The van der Waals surface area contributed by atoms with Crippen molar-refractivity contribution < 1.29 is 9.53 Å². The standard InChI is InChI=1S/C22H19N3O3S3/c1-14-7-6-10-24-18(14)23-19(30-15-8-4-3-5-9-15)16(20(24)26)13-17-21(27)25(11-12-28-2)22(29)31-17/h3-10,13H,11-12H2,1-2H3. The van der Waals surface area contributed by atoms with Gasteiger partial charge in [-0.25, -0.2) is 4.98 Å². The summed E-state index contributed by atoms with van der Waals surface area (Å²) in [7, 11) is 1.57. The van der Waals surface area contributed by atoms with Crippen molar-refractivity contribution in [3.05, 3.63) is 75.0 Å². The van der Waals surface area contributed by atoms with Crippen LogP contribution < -0.4 is 5.56 Å². The van der Waals surface area contributed by atoms with Gasteiger partial charge in [0, 0.05) is 18.2 Å². The molecule has 1 amide bonds. The van der Waals surface area contributed by atoms with Crippen LogP contribution in [0.4, 0.5) is 0 Å². The number of hydrogen-bond donors (Lipinski definition) is 0.